The fourth-order valence-corrected chi connectivity index (χ4v) is 4.91. The molecule has 212 valence electrons. The molecule has 5 atom stereocenters. The van der Waals surface area contributed by atoms with Crippen LogP contribution in [-0.4, -0.2) is 61.1 Å². The Kier molecular flexibility index (Phi) is 14.4. The first kappa shape index (κ1) is 31.4. The molecule has 2 fully saturated rings. The average Bonchev–Trinajstić information content (AvgIpc) is 3.37. The van der Waals surface area contributed by atoms with Crippen LogP contribution in [-0.2, 0) is 37.5 Å². The monoisotopic (exact) mass is 545 g/mol. The maximum absolute atomic E-state index is 13.0. The first-order valence-electron chi connectivity index (χ1n) is 13.7. The first-order chi connectivity index (χ1) is 17.7. The van der Waals surface area contributed by atoms with Crippen LogP contribution in [0.1, 0.15) is 91.4 Å². The van der Waals surface area contributed by atoms with E-state index in [-0.39, 0.29) is 24.3 Å². The third-order valence-electron chi connectivity index (χ3n) is 6.76. The smallest absolute Gasteiger partial charge is 0.343 e. The van der Waals surface area contributed by atoms with E-state index < -0.39 is 44.4 Å². The van der Waals surface area contributed by atoms with Crippen LogP contribution in [0.25, 0.3) is 0 Å². The molecule has 2 amide bonds. The molecule has 1 aliphatic heterocycles. The van der Waals surface area contributed by atoms with Crippen LogP contribution < -0.4 is 16.0 Å². The lowest BCUT2D eigenvalue weighted by Crippen LogP contribution is -2.52. The molecule has 0 aromatic heterocycles. The van der Waals surface area contributed by atoms with Gasteiger partial charge in [-0.25, -0.2) is 9.59 Å². The van der Waals surface area contributed by atoms with E-state index in [1.165, 1.54) is 6.92 Å². The lowest BCUT2D eigenvalue weighted by molar-refractivity contribution is -0.165. The molecule has 3 N–H and O–H groups in total. The van der Waals surface area contributed by atoms with Gasteiger partial charge in [-0.15, -0.1) is 0 Å². The van der Waals surface area contributed by atoms with Crippen molar-refractivity contribution in [2.24, 2.45) is 5.92 Å². The fraction of sp³-hybridized carbons (Fsp3) is 0.840. The van der Waals surface area contributed by atoms with Crippen LogP contribution in [0, 0.1) is 5.92 Å². The normalized spacial score (nSPS) is 20.8. The molecule has 11 nitrogen and oxygen atoms in total. The highest BCUT2D eigenvalue weighted by Gasteiger charge is 2.31. The Bertz CT molecular complexity index is 786. The molecule has 0 aromatic carbocycles. The van der Waals surface area contributed by atoms with Gasteiger partial charge in [0.25, 0.3) is 0 Å². The molecular formula is C25H44N3O8P. The van der Waals surface area contributed by atoms with Gasteiger partial charge in [-0.3, -0.25) is 18.7 Å². The molecule has 2 rings (SSSR count). The molecule has 12 heteroatoms. The number of rotatable bonds is 17. The molecule has 1 aliphatic carbocycles. The van der Waals surface area contributed by atoms with Gasteiger partial charge in [-0.05, 0) is 52.0 Å². The summed E-state index contributed by atoms with van der Waals surface area (Å²) in [6.45, 7) is 5.99. The number of ether oxygens (including phenoxy) is 1. The van der Waals surface area contributed by atoms with E-state index in [0.717, 1.165) is 51.4 Å². The molecule has 0 spiro atoms. The summed E-state index contributed by atoms with van der Waals surface area (Å²) in [6, 6.07) is -1.59. The number of carbonyl (C=O) groups is 4. The summed E-state index contributed by atoms with van der Waals surface area (Å²) < 4.78 is 27.7. The van der Waals surface area contributed by atoms with Crippen molar-refractivity contribution in [1.82, 2.24) is 16.0 Å². The van der Waals surface area contributed by atoms with Gasteiger partial charge in [-0.2, -0.15) is 0 Å². The summed E-state index contributed by atoms with van der Waals surface area (Å²) >= 11 is 0. The first-order valence-corrected chi connectivity index (χ1v) is 14.9. The highest BCUT2D eigenvalue weighted by molar-refractivity contribution is 7.33. The number of esters is 2. The largest absolute Gasteiger partial charge is 0.390 e. The lowest BCUT2D eigenvalue weighted by atomic mass is 9.84. The second kappa shape index (κ2) is 16.9. The van der Waals surface area contributed by atoms with Gasteiger partial charge in [0.05, 0.1) is 12.6 Å². The Labute approximate surface area is 220 Å². The van der Waals surface area contributed by atoms with Gasteiger partial charge in [0.15, 0.2) is 6.10 Å². The number of amides is 2. The molecule has 2 aliphatic rings. The highest BCUT2D eigenvalue weighted by atomic mass is 31.1. The number of unbranched alkanes of at least 4 members (excludes halogenated alkanes) is 2. The van der Waals surface area contributed by atoms with Crippen molar-refractivity contribution >= 4 is 32.0 Å². The Morgan fingerprint density at radius 2 is 1.70 bits per heavy atom. The summed E-state index contributed by atoms with van der Waals surface area (Å²) in [7, 11) is -3.10. The number of hydrogen-bond acceptors (Lipinski definition) is 9. The zero-order chi connectivity index (χ0) is 27.2. The van der Waals surface area contributed by atoms with Gasteiger partial charge in [0, 0.05) is 5.92 Å². The van der Waals surface area contributed by atoms with Crippen LogP contribution in [0.4, 0.5) is 0 Å². The van der Waals surface area contributed by atoms with Gasteiger partial charge in [-0.1, -0.05) is 46.0 Å². The van der Waals surface area contributed by atoms with Crippen molar-refractivity contribution in [2.45, 2.75) is 116 Å². The maximum Gasteiger partial charge on any atom is 0.343 e. The fourth-order valence-electron chi connectivity index (χ4n) is 4.12. The zero-order valence-electron chi connectivity index (χ0n) is 22.3. The molecule has 37 heavy (non-hydrogen) atoms. The lowest BCUT2D eigenvalue weighted by Gasteiger charge is -2.28. The van der Waals surface area contributed by atoms with Gasteiger partial charge in [0.2, 0.25) is 11.8 Å². The van der Waals surface area contributed by atoms with Gasteiger partial charge < -0.3 is 25.2 Å². The van der Waals surface area contributed by atoms with E-state index in [1.807, 2.05) is 13.8 Å². The van der Waals surface area contributed by atoms with Crippen molar-refractivity contribution < 1.29 is 37.5 Å². The molecule has 0 bridgehead atoms. The molecule has 1 saturated carbocycles. The predicted molar refractivity (Wildman–Crippen MR) is 138 cm³/mol. The van der Waals surface area contributed by atoms with Crippen molar-refractivity contribution in [2.75, 3.05) is 13.2 Å². The highest BCUT2D eigenvalue weighted by Crippen LogP contribution is 2.28. The minimum atomic E-state index is -3.10. The summed E-state index contributed by atoms with van der Waals surface area (Å²) in [6.07, 6.45) is 7.44. The molecule has 0 radical (unpaired) electrons. The topological polar surface area (TPSA) is 149 Å². The van der Waals surface area contributed by atoms with Crippen LogP contribution in [0.3, 0.4) is 0 Å². The second-order valence-corrected chi connectivity index (χ2v) is 10.9. The third kappa shape index (κ3) is 11.2. The van der Waals surface area contributed by atoms with Crippen LogP contribution >= 0.6 is 8.25 Å². The van der Waals surface area contributed by atoms with E-state index in [9.17, 15) is 23.7 Å². The summed E-state index contributed by atoms with van der Waals surface area (Å²) in [5.74, 6) is -1.99. The summed E-state index contributed by atoms with van der Waals surface area (Å²) in [4.78, 5) is 49.6. The standard InChI is InChI=1S/C25H44N3O8P/c1-4-6-12-19(27-23(30)20(13-7-5-2)28-22(29)18-10-8-11-18)16-34-37(33)36-17(3)24(31)35-25(32)21-14-9-15-26-21/h17-21,26,37H,4-16H2,1-3H3,(H,27,30)(H,28,29)/t17?,19?,20?,21-/m0/s1. The predicted octanol–water partition coefficient (Wildman–Crippen LogP) is 2.77. The van der Waals surface area contributed by atoms with E-state index in [4.69, 9.17) is 13.8 Å². The average molecular weight is 546 g/mol. The Morgan fingerprint density at radius 1 is 1.00 bits per heavy atom. The van der Waals surface area contributed by atoms with E-state index in [2.05, 4.69) is 16.0 Å². The SMILES string of the molecule is CCCCC(CO[PH](=O)OC(C)C(=O)OC(=O)[C@@H]1CCCN1)NC(=O)C(CCCC)NC(=O)C1CCC1. The number of carbonyl (C=O) groups excluding carboxylic acids is 4. The summed E-state index contributed by atoms with van der Waals surface area (Å²) in [5, 5.41) is 8.77. The van der Waals surface area contributed by atoms with Gasteiger partial charge >= 0.3 is 20.2 Å². The van der Waals surface area contributed by atoms with E-state index in [1.54, 1.807) is 0 Å². The second-order valence-electron chi connectivity index (χ2n) is 9.89. The Balaban J connectivity index is 1.84. The van der Waals surface area contributed by atoms with Crippen molar-refractivity contribution in [3.05, 3.63) is 0 Å². The zero-order valence-corrected chi connectivity index (χ0v) is 23.3. The van der Waals surface area contributed by atoms with Crippen molar-refractivity contribution in [1.29, 1.82) is 0 Å². The molecule has 1 saturated heterocycles. The number of nitrogens with one attached hydrogen (secondary N) is 3. The number of hydrogen-bond donors (Lipinski definition) is 3. The molecule has 1 heterocycles. The molecule has 4 unspecified atom stereocenters. The molecular weight excluding hydrogens is 501 g/mol. The van der Waals surface area contributed by atoms with E-state index >= 15 is 0 Å². The third-order valence-corrected chi connectivity index (χ3v) is 7.71. The van der Waals surface area contributed by atoms with Crippen LogP contribution in [0.2, 0.25) is 0 Å². The van der Waals surface area contributed by atoms with Crippen molar-refractivity contribution in [3.8, 4) is 0 Å². The molecule has 0 aromatic rings. The van der Waals surface area contributed by atoms with Gasteiger partial charge in [0.1, 0.15) is 12.1 Å². The minimum absolute atomic E-state index is 0.0164. The Morgan fingerprint density at radius 3 is 2.30 bits per heavy atom. The Hall–Kier alpha value is -1.81. The van der Waals surface area contributed by atoms with Crippen LogP contribution in [0.15, 0.2) is 0 Å². The maximum atomic E-state index is 13.0. The van der Waals surface area contributed by atoms with E-state index in [0.29, 0.717) is 25.8 Å². The summed E-state index contributed by atoms with van der Waals surface area (Å²) in [5.41, 5.74) is 0. The van der Waals surface area contributed by atoms with Crippen molar-refractivity contribution in [3.63, 3.8) is 0 Å². The quantitative estimate of drug-likeness (QED) is 0.142. The minimum Gasteiger partial charge on any atom is -0.390 e. The van der Waals surface area contributed by atoms with Crippen LogP contribution in [0.5, 0.6) is 0 Å².